The smallest absolute Gasteiger partial charge is 0.0717 e. The minimum atomic E-state index is 0.0579. The zero-order valence-corrected chi connectivity index (χ0v) is 8.98. The van der Waals surface area contributed by atoms with Crippen molar-refractivity contribution in [3.63, 3.8) is 0 Å². The van der Waals surface area contributed by atoms with Gasteiger partial charge in [0, 0.05) is 36.7 Å². The molecule has 15 heavy (non-hydrogen) atoms. The van der Waals surface area contributed by atoms with Gasteiger partial charge in [-0.15, -0.1) is 0 Å². The molecule has 0 atom stereocenters. The summed E-state index contributed by atoms with van der Waals surface area (Å²) in [6, 6.07) is 1.97. The van der Waals surface area contributed by atoms with Crippen molar-refractivity contribution in [3.05, 3.63) is 35.7 Å². The van der Waals surface area contributed by atoms with Crippen molar-refractivity contribution in [1.29, 1.82) is 0 Å². The molecule has 0 radical (unpaired) electrons. The quantitative estimate of drug-likeness (QED) is 0.745. The molecule has 3 heteroatoms. The second-order valence-corrected chi connectivity index (χ2v) is 3.91. The van der Waals surface area contributed by atoms with Crippen LogP contribution in [0.4, 0.5) is 5.69 Å². The van der Waals surface area contributed by atoms with Crippen molar-refractivity contribution in [2.45, 2.75) is 20.0 Å². The number of aliphatic hydroxyl groups excluding tert-OH is 1. The highest BCUT2D eigenvalue weighted by Crippen LogP contribution is 2.22. The molecule has 1 N–H and O–H groups in total. The number of rotatable bonds is 2. The van der Waals surface area contributed by atoms with E-state index in [2.05, 4.69) is 22.9 Å². The van der Waals surface area contributed by atoms with E-state index in [1.54, 1.807) is 12.4 Å². The third-order valence-electron chi connectivity index (χ3n) is 2.83. The third kappa shape index (κ3) is 2.18. The van der Waals surface area contributed by atoms with Crippen LogP contribution in [0, 0.1) is 0 Å². The molecule has 3 nitrogen and oxygen atoms in total. The van der Waals surface area contributed by atoms with E-state index in [1.807, 2.05) is 6.07 Å². The van der Waals surface area contributed by atoms with Gasteiger partial charge in [0.1, 0.15) is 0 Å². The molecule has 80 valence electrons. The van der Waals surface area contributed by atoms with E-state index in [4.69, 9.17) is 0 Å². The zero-order chi connectivity index (χ0) is 10.7. The van der Waals surface area contributed by atoms with Crippen LogP contribution in [0.2, 0.25) is 0 Å². The molecular formula is C12H16N2O. The summed E-state index contributed by atoms with van der Waals surface area (Å²) in [5.74, 6) is 0. The molecule has 0 fully saturated rings. The van der Waals surface area contributed by atoms with Gasteiger partial charge in [-0.05, 0) is 19.4 Å². The average molecular weight is 204 g/mol. The van der Waals surface area contributed by atoms with Crippen LogP contribution >= 0.6 is 0 Å². The fraction of sp³-hybridized carbons (Fsp3) is 0.417. The van der Waals surface area contributed by atoms with Crippen LogP contribution in [0.3, 0.4) is 0 Å². The molecule has 0 aromatic carbocycles. The van der Waals surface area contributed by atoms with Gasteiger partial charge >= 0.3 is 0 Å². The first-order valence-electron chi connectivity index (χ1n) is 5.25. The maximum atomic E-state index is 9.22. The molecule has 0 bridgehead atoms. The summed E-state index contributed by atoms with van der Waals surface area (Å²) in [6.45, 7) is 4.18. The SMILES string of the molecule is CC1=CCN(c2ccncc2CO)CC1. The van der Waals surface area contributed by atoms with Crippen molar-refractivity contribution < 1.29 is 5.11 Å². The summed E-state index contributed by atoms with van der Waals surface area (Å²) in [5, 5.41) is 9.22. The van der Waals surface area contributed by atoms with Crippen molar-refractivity contribution in [3.8, 4) is 0 Å². The molecule has 0 unspecified atom stereocenters. The lowest BCUT2D eigenvalue weighted by molar-refractivity contribution is 0.281. The average Bonchev–Trinajstić information content (AvgIpc) is 2.30. The molecular weight excluding hydrogens is 188 g/mol. The van der Waals surface area contributed by atoms with Gasteiger partial charge in [0.2, 0.25) is 0 Å². The summed E-state index contributed by atoms with van der Waals surface area (Å²) >= 11 is 0. The molecule has 0 amide bonds. The number of anilines is 1. The Morgan fingerprint density at radius 2 is 2.40 bits per heavy atom. The van der Waals surface area contributed by atoms with Crippen molar-refractivity contribution in [2.24, 2.45) is 0 Å². The Kier molecular flexibility index (Phi) is 3.02. The van der Waals surface area contributed by atoms with E-state index >= 15 is 0 Å². The van der Waals surface area contributed by atoms with Crippen LogP contribution in [-0.2, 0) is 6.61 Å². The Balaban J connectivity index is 2.22. The highest BCUT2D eigenvalue weighted by Gasteiger charge is 2.12. The van der Waals surface area contributed by atoms with Gasteiger partial charge < -0.3 is 10.0 Å². The minimum absolute atomic E-state index is 0.0579. The molecule has 1 aromatic rings. The number of aromatic nitrogens is 1. The molecule has 0 saturated carbocycles. The van der Waals surface area contributed by atoms with Gasteiger partial charge in [0.15, 0.2) is 0 Å². The monoisotopic (exact) mass is 204 g/mol. The van der Waals surface area contributed by atoms with Crippen LogP contribution < -0.4 is 4.90 Å². The molecule has 1 aliphatic heterocycles. The molecule has 2 heterocycles. The minimum Gasteiger partial charge on any atom is -0.392 e. The molecule has 1 aromatic heterocycles. The maximum Gasteiger partial charge on any atom is 0.0717 e. The number of hydrogen-bond acceptors (Lipinski definition) is 3. The number of aliphatic hydroxyl groups is 1. The second kappa shape index (κ2) is 4.45. The fourth-order valence-corrected chi connectivity index (χ4v) is 1.84. The Morgan fingerprint density at radius 3 is 3.07 bits per heavy atom. The van der Waals surface area contributed by atoms with Gasteiger partial charge in [0.25, 0.3) is 0 Å². The lowest BCUT2D eigenvalue weighted by Gasteiger charge is -2.28. The number of hydrogen-bond donors (Lipinski definition) is 1. The van der Waals surface area contributed by atoms with Gasteiger partial charge in [-0.1, -0.05) is 11.6 Å². The van der Waals surface area contributed by atoms with E-state index in [-0.39, 0.29) is 6.61 Å². The second-order valence-electron chi connectivity index (χ2n) is 3.91. The van der Waals surface area contributed by atoms with Gasteiger partial charge in [-0.25, -0.2) is 0 Å². The van der Waals surface area contributed by atoms with Crippen LogP contribution in [-0.4, -0.2) is 23.2 Å². The molecule has 1 aliphatic rings. The maximum absolute atomic E-state index is 9.22. The van der Waals surface area contributed by atoms with Crippen LogP contribution in [0.1, 0.15) is 18.9 Å². The summed E-state index contributed by atoms with van der Waals surface area (Å²) < 4.78 is 0. The largest absolute Gasteiger partial charge is 0.392 e. The fourth-order valence-electron chi connectivity index (χ4n) is 1.84. The van der Waals surface area contributed by atoms with Crippen LogP contribution in [0.25, 0.3) is 0 Å². The van der Waals surface area contributed by atoms with E-state index in [0.29, 0.717) is 0 Å². The predicted octanol–water partition coefficient (Wildman–Crippen LogP) is 1.73. The lowest BCUT2D eigenvalue weighted by Crippen LogP contribution is -2.29. The van der Waals surface area contributed by atoms with Gasteiger partial charge in [-0.3, -0.25) is 4.98 Å². The predicted molar refractivity (Wildman–Crippen MR) is 60.7 cm³/mol. The molecule has 0 spiro atoms. The Hall–Kier alpha value is -1.35. The standard InChI is InChI=1S/C12H16N2O/c1-10-3-6-14(7-4-10)12-2-5-13-8-11(12)9-15/h2-3,5,8,15H,4,6-7,9H2,1H3. The first kappa shape index (κ1) is 10.2. The third-order valence-corrected chi connectivity index (χ3v) is 2.83. The Bertz CT molecular complexity index is 374. The van der Waals surface area contributed by atoms with Crippen molar-refractivity contribution in [1.82, 2.24) is 4.98 Å². The number of nitrogens with zero attached hydrogens (tertiary/aromatic N) is 2. The van der Waals surface area contributed by atoms with E-state index in [9.17, 15) is 5.11 Å². The highest BCUT2D eigenvalue weighted by atomic mass is 16.3. The zero-order valence-electron chi connectivity index (χ0n) is 8.98. The molecule has 0 saturated heterocycles. The first-order valence-corrected chi connectivity index (χ1v) is 5.25. The van der Waals surface area contributed by atoms with Crippen LogP contribution in [0.5, 0.6) is 0 Å². The summed E-state index contributed by atoms with van der Waals surface area (Å²) in [7, 11) is 0. The number of pyridine rings is 1. The topological polar surface area (TPSA) is 36.4 Å². The van der Waals surface area contributed by atoms with Gasteiger partial charge in [0.05, 0.1) is 6.61 Å². The normalized spacial score (nSPS) is 16.4. The Morgan fingerprint density at radius 1 is 1.53 bits per heavy atom. The highest BCUT2D eigenvalue weighted by molar-refractivity contribution is 5.53. The first-order chi connectivity index (χ1) is 7.31. The summed E-state index contributed by atoms with van der Waals surface area (Å²) in [5.41, 5.74) is 3.47. The van der Waals surface area contributed by atoms with E-state index in [1.165, 1.54) is 5.57 Å². The van der Waals surface area contributed by atoms with E-state index in [0.717, 1.165) is 30.8 Å². The Labute approximate surface area is 90.1 Å². The summed E-state index contributed by atoms with van der Waals surface area (Å²) in [4.78, 5) is 6.30. The van der Waals surface area contributed by atoms with Crippen LogP contribution in [0.15, 0.2) is 30.1 Å². The lowest BCUT2D eigenvalue weighted by atomic mass is 10.1. The molecule has 0 aliphatic carbocycles. The van der Waals surface area contributed by atoms with Crippen molar-refractivity contribution in [2.75, 3.05) is 18.0 Å². The van der Waals surface area contributed by atoms with Gasteiger partial charge in [-0.2, -0.15) is 0 Å². The molecule has 2 rings (SSSR count). The van der Waals surface area contributed by atoms with E-state index < -0.39 is 0 Å². The summed E-state index contributed by atoms with van der Waals surface area (Å²) in [6.07, 6.45) is 6.86. The van der Waals surface area contributed by atoms with Crippen molar-refractivity contribution >= 4 is 5.69 Å².